The molecule has 1 aromatic carbocycles. The van der Waals surface area contributed by atoms with E-state index >= 15 is 0 Å². The zero-order chi connectivity index (χ0) is 13.9. The van der Waals surface area contributed by atoms with Crippen molar-refractivity contribution in [1.29, 1.82) is 0 Å². The molecule has 0 aliphatic carbocycles. The number of anilines is 1. The first-order valence-corrected chi connectivity index (χ1v) is 7.69. The zero-order valence-electron chi connectivity index (χ0n) is 12.2. The number of piperidine rings is 1. The molecule has 0 spiro atoms. The Kier molecular flexibility index (Phi) is 4.22. The van der Waals surface area contributed by atoms with Gasteiger partial charge in [-0.3, -0.25) is 4.90 Å². The lowest BCUT2D eigenvalue weighted by molar-refractivity contribution is 0.113. The summed E-state index contributed by atoms with van der Waals surface area (Å²) in [6.45, 7) is 8.96. The van der Waals surface area contributed by atoms with Crippen LogP contribution in [0, 0.1) is 11.7 Å². The molecule has 2 unspecified atom stereocenters. The molecule has 0 amide bonds. The highest BCUT2D eigenvalue weighted by Gasteiger charge is 2.29. The topological polar surface area (TPSA) is 18.5 Å². The van der Waals surface area contributed by atoms with Gasteiger partial charge < -0.3 is 10.2 Å². The Balaban J connectivity index is 1.57. The first-order chi connectivity index (χ1) is 9.74. The number of rotatable bonds is 2. The van der Waals surface area contributed by atoms with E-state index in [1.165, 1.54) is 6.42 Å². The Labute approximate surface area is 120 Å². The van der Waals surface area contributed by atoms with Gasteiger partial charge in [-0.05, 0) is 49.7 Å². The van der Waals surface area contributed by atoms with Gasteiger partial charge in [-0.25, -0.2) is 4.39 Å². The molecule has 3 nitrogen and oxygen atoms in total. The van der Waals surface area contributed by atoms with Crippen LogP contribution in [-0.2, 0) is 0 Å². The molecule has 1 N–H and O–H groups in total. The maximum Gasteiger partial charge on any atom is 0.123 e. The molecule has 1 aromatic rings. The van der Waals surface area contributed by atoms with E-state index in [-0.39, 0.29) is 5.82 Å². The summed E-state index contributed by atoms with van der Waals surface area (Å²) in [5.74, 6) is 0.581. The molecule has 110 valence electrons. The van der Waals surface area contributed by atoms with Crippen molar-refractivity contribution >= 4 is 5.69 Å². The fourth-order valence-electron chi connectivity index (χ4n) is 3.51. The molecule has 2 saturated heterocycles. The second-order valence-electron chi connectivity index (χ2n) is 6.04. The Hall–Kier alpha value is -1.13. The SMILES string of the molecule is CC1CNCCC1N1CCN(c2ccc(F)cc2)CC1. The highest BCUT2D eigenvalue weighted by molar-refractivity contribution is 5.46. The normalized spacial score (nSPS) is 28.6. The summed E-state index contributed by atoms with van der Waals surface area (Å²) >= 11 is 0. The lowest BCUT2D eigenvalue weighted by Crippen LogP contribution is -2.55. The molecule has 2 fully saturated rings. The van der Waals surface area contributed by atoms with E-state index in [0.29, 0.717) is 0 Å². The fourth-order valence-corrected chi connectivity index (χ4v) is 3.51. The molecule has 2 aliphatic rings. The van der Waals surface area contributed by atoms with Crippen molar-refractivity contribution in [1.82, 2.24) is 10.2 Å². The highest BCUT2D eigenvalue weighted by atomic mass is 19.1. The first-order valence-electron chi connectivity index (χ1n) is 7.69. The summed E-state index contributed by atoms with van der Waals surface area (Å²) in [6.07, 6.45) is 1.26. The molecule has 3 rings (SSSR count). The number of nitrogens with zero attached hydrogens (tertiary/aromatic N) is 2. The maximum absolute atomic E-state index is 13.0. The van der Waals surface area contributed by atoms with E-state index in [9.17, 15) is 4.39 Å². The van der Waals surface area contributed by atoms with Crippen molar-refractivity contribution in [3.63, 3.8) is 0 Å². The average molecular weight is 277 g/mol. The van der Waals surface area contributed by atoms with Crippen LogP contribution in [0.25, 0.3) is 0 Å². The summed E-state index contributed by atoms with van der Waals surface area (Å²) in [6, 6.07) is 7.61. The average Bonchev–Trinajstić information content (AvgIpc) is 2.49. The van der Waals surface area contributed by atoms with Crippen LogP contribution in [0.5, 0.6) is 0 Å². The number of halogens is 1. The number of benzene rings is 1. The van der Waals surface area contributed by atoms with Crippen LogP contribution in [0.2, 0.25) is 0 Å². The van der Waals surface area contributed by atoms with Crippen LogP contribution in [0.4, 0.5) is 10.1 Å². The quantitative estimate of drug-likeness (QED) is 0.891. The van der Waals surface area contributed by atoms with Crippen molar-refractivity contribution in [3.05, 3.63) is 30.1 Å². The number of piperazine rings is 1. The van der Waals surface area contributed by atoms with Crippen molar-refractivity contribution in [3.8, 4) is 0 Å². The third-order valence-electron chi connectivity index (χ3n) is 4.72. The maximum atomic E-state index is 13.0. The van der Waals surface area contributed by atoms with Crippen molar-refractivity contribution in [2.75, 3.05) is 44.2 Å². The number of hydrogen-bond acceptors (Lipinski definition) is 3. The molecule has 2 atom stereocenters. The van der Waals surface area contributed by atoms with E-state index in [1.54, 1.807) is 12.1 Å². The minimum atomic E-state index is -0.157. The number of hydrogen-bond donors (Lipinski definition) is 1. The molecule has 20 heavy (non-hydrogen) atoms. The van der Waals surface area contributed by atoms with Crippen molar-refractivity contribution < 1.29 is 4.39 Å². The summed E-state index contributed by atoms with van der Waals surface area (Å²) in [5, 5.41) is 3.47. The standard InChI is InChI=1S/C16H24FN3/c1-13-12-18-7-6-16(13)20-10-8-19(9-11-20)15-4-2-14(17)3-5-15/h2-5,13,16,18H,6-12H2,1H3. The van der Waals surface area contributed by atoms with E-state index in [4.69, 9.17) is 0 Å². The Morgan fingerprint density at radius 1 is 1.10 bits per heavy atom. The van der Waals surface area contributed by atoms with Crippen LogP contribution in [0.1, 0.15) is 13.3 Å². The van der Waals surface area contributed by atoms with Crippen LogP contribution < -0.4 is 10.2 Å². The van der Waals surface area contributed by atoms with E-state index < -0.39 is 0 Å². The van der Waals surface area contributed by atoms with E-state index in [0.717, 1.165) is 56.9 Å². The molecule has 0 aromatic heterocycles. The molecular formula is C16H24FN3. The van der Waals surface area contributed by atoms with Crippen LogP contribution >= 0.6 is 0 Å². The first kappa shape index (κ1) is 13.8. The van der Waals surface area contributed by atoms with Crippen molar-refractivity contribution in [2.24, 2.45) is 5.92 Å². The molecule has 0 bridgehead atoms. The lowest BCUT2D eigenvalue weighted by Gasteiger charge is -2.44. The molecular weight excluding hydrogens is 253 g/mol. The summed E-state index contributed by atoms with van der Waals surface area (Å²) in [7, 11) is 0. The molecule has 2 heterocycles. The Bertz CT molecular complexity index is 426. The van der Waals surface area contributed by atoms with Crippen LogP contribution in [0.15, 0.2) is 24.3 Å². The largest absolute Gasteiger partial charge is 0.369 e. The zero-order valence-corrected chi connectivity index (χ0v) is 12.2. The Morgan fingerprint density at radius 3 is 2.45 bits per heavy atom. The van der Waals surface area contributed by atoms with Gasteiger partial charge in [-0.1, -0.05) is 6.92 Å². The smallest absolute Gasteiger partial charge is 0.123 e. The highest BCUT2D eigenvalue weighted by Crippen LogP contribution is 2.22. The van der Waals surface area contributed by atoms with Gasteiger partial charge in [0.15, 0.2) is 0 Å². The molecule has 0 radical (unpaired) electrons. The minimum absolute atomic E-state index is 0.157. The van der Waals surface area contributed by atoms with Crippen molar-refractivity contribution in [2.45, 2.75) is 19.4 Å². The molecule has 0 saturated carbocycles. The molecule has 2 aliphatic heterocycles. The van der Waals surface area contributed by atoms with Gasteiger partial charge in [0.25, 0.3) is 0 Å². The second-order valence-corrected chi connectivity index (χ2v) is 6.04. The predicted molar refractivity (Wildman–Crippen MR) is 80.6 cm³/mol. The third-order valence-corrected chi connectivity index (χ3v) is 4.72. The second kappa shape index (κ2) is 6.10. The lowest BCUT2D eigenvalue weighted by atomic mass is 9.93. The Morgan fingerprint density at radius 2 is 1.80 bits per heavy atom. The summed E-state index contributed by atoms with van der Waals surface area (Å²) in [5.41, 5.74) is 1.14. The minimum Gasteiger partial charge on any atom is -0.369 e. The van der Waals surface area contributed by atoms with Gasteiger partial charge in [-0.15, -0.1) is 0 Å². The van der Waals surface area contributed by atoms with Gasteiger partial charge in [-0.2, -0.15) is 0 Å². The molecule has 4 heteroatoms. The summed E-state index contributed by atoms with van der Waals surface area (Å²) < 4.78 is 13.0. The van der Waals surface area contributed by atoms with Gasteiger partial charge in [0.2, 0.25) is 0 Å². The third kappa shape index (κ3) is 2.96. The fraction of sp³-hybridized carbons (Fsp3) is 0.625. The van der Waals surface area contributed by atoms with Gasteiger partial charge in [0, 0.05) is 37.9 Å². The number of nitrogens with one attached hydrogen (secondary N) is 1. The van der Waals surface area contributed by atoms with Crippen LogP contribution in [0.3, 0.4) is 0 Å². The predicted octanol–water partition coefficient (Wildman–Crippen LogP) is 1.95. The van der Waals surface area contributed by atoms with E-state index in [1.807, 2.05) is 12.1 Å². The summed E-state index contributed by atoms with van der Waals surface area (Å²) in [4.78, 5) is 5.01. The monoisotopic (exact) mass is 277 g/mol. The van der Waals surface area contributed by atoms with E-state index in [2.05, 4.69) is 22.0 Å². The van der Waals surface area contributed by atoms with Gasteiger partial charge in [0.1, 0.15) is 5.82 Å². The van der Waals surface area contributed by atoms with Gasteiger partial charge >= 0.3 is 0 Å². The van der Waals surface area contributed by atoms with Gasteiger partial charge in [0.05, 0.1) is 0 Å². The van der Waals surface area contributed by atoms with Crippen LogP contribution in [-0.4, -0.2) is 50.2 Å².